The number of halogens is 1. The van der Waals surface area contributed by atoms with Crippen LogP contribution in [-0.2, 0) is 14.8 Å². The maximum atomic E-state index is 13.7. The highest BCUT2D eigenvalue weighted by molar-refractivity contribution is 7.89. The van der Waals surface area contributed by atoms with Gasteiger partial charge in [0.1, 0.15) is 5.82 Å². The first kappa shape index (κ1) is 16.2. The fraction of sp³-hybridized carbons (Fsp3) is 0.571. The Morgan fingerprint density at radius 3 is 2.52 bits per heavy atom. The smallest absolute Gasteiger partial charge is 0.243 e. The number of hydrogen-bond donors (Lipinski definition) is 1. The zero-order chi connectivity index (χ0) is 15.6. The fourth-order valence-electron chi connectivity index (χ4n) is 2.45. The number of anilines is 1. The summed E-state index contributed by atoms with van der Waals surface area (Å²) in [7, 11) is -3.70. The number of sulfonamides is 1. The molecule has 0 bridgehead atoms. The lowest BCUT2D eigenvalue weighted by Crippen LogP contribution is -2.40. The minimum absolute atomic E-state index is 0.0852. The molecule has 2 rings (SSSR count). The van der Waals surface area contributed by atoms with Crippen LogP contribution >= 0.6 is 0 Å². The second-order valence-electron chi connectivity index (χ2n) is 5.18. The molecule has 0 atom stereocenters. The molecule has 0 saturated carbocycles. The van der Waals surface area contributed by atoms with Gasteiger partial charge < -0.3 is 10.5 Å². The lowest BCUT2D eigenvalue weighted by Gasteiger charge is -2.31. The minimum atomic E-state index is -3.70. The summed E-state index contributed by atoms with van der Waals surface area (Å²) in [5, 5.41) is 0. The van der Waals surface area contributed by atoms with Crippen LogP contribution in [0.2, 0.25) is 0 Å². The molecule has 0 aliphatic carbocycles. The summed E-state index contributed by atoms with van der Waals surface area (Å²) in [5.74, 6) is -0.599. The van der Waals surface area contributed by atoms with Crippen LogP contribution < -0.4 is 5.73 Å². The summed E-state index contributed by atoms with van der Waals surface area (Å²) in [4.78, 5) is -0.0852. The second kappa shape index (κ2) is 6.29. The van der Waals surface area contributed by atoms with Crippen molar-refractivity contribution in [1.82, 2.24) is 4.31 Å². The molecule has 0 spiro atoms. The molecule has 5 nitrogen and oxygen atoms in total. The van der Waals surface area contributed by atoms with Crippen LogP contribution in [0, 0.1) is 12.7 Å². The molecule has 1 heterocycles. The minimum Gasteiger partial charge on any atom is -0.398 e. The Balaban J connectivity index is 2.20. The van der Waals surface area contributed by atoms with E-state index in [0.717, 1.165) is 6.07 Å². The van der Waals surface area contributed by atoms with E-state index in [0.29, 0.717) is 32.5 Å². The average molecular weight is 316 g/mol. The van der Waals surface area contributed by atoms with Gasteiger partial charge in [0.2, 0.25) is 10.0 Å². The van der Waals surface area contributed by atoms with Crippen LogP contribution in [0.3, 0.4) is 0 Å². The molecule has 1 aromatic carbocycles. The maximum absolute atomic E-state index is 13.7. The Morgan fingerprint density at radius 1 is 1.38 bits per heavy atom. The van der Waals surface area contributed by atoms with Crippen molar-refractivity contribution < 1.29 is 17.5 Å². The van der Waals surface area contributed by atoms with Gasteiger partial charge in [-0.25, -0.2) is 12.8 Å². The molecule has 0 aromatic heterocycles. The fourth-order valence-corrected chi connectivity index (χ4v) is 3.97. The number of rotatable bonds is 4. The standard InChI is InChI=1S/C14H21FN2O3S/c1-3-20-11-4-6-17(7-5-11)21(18,19)12-8-13(15)10(2)14(16)9-12/h8-9,11H,3-7,16H2,1-2H3. The van der Waals surface area contributed by atoms with Gasteiger partial charge in [0, 0.05) is 30.9 Å². The van der Waals surface area contributed by atoms with Gasteiger partial charge in [-0.05, 0) is 38.8 Å². The van der Waals surface area contributed by atoms with Crippen molar-refractivity contribution in [2.75, 3.05) is 25.4 Å². The Labute approximate surface area is 124 Å². The van der Waals surface area contributed by atoms with Gasteiger partial charge in [-0.15, -0.1) is 0 Å². The highest BCUT2D eigenvalue weighted by Crippen LogP contribution is 2.26. The Hall–Kier alpha value is -1.18. The largest absolute Gasteiger partial charge is 0.398 e. The molecule has 0 radical (unpaired) electrons. The summed E-state index contributed by atoms with van der Waals surface area (Å²) in [5.41, 5.74) is 6.08. The van der Waals surface area contributed by atoms with E-state index in [1.54, 1.807) is 0 Å². The van der Waals surface area contributed by atoms with E-state index in [9.17, 15) is 12.8 Å². The van der Waals surface area contributed by atoms with Crippen LogP contribution in [0.1, 0.15) is 25.3 Å². The molecule has 1 saturated heterocycles. The molecule has 1 aliphatic rings. The molecule has 2 N–H and O–H groups in total. The molecule has 1 aromatic rings. The molecular formula is C14H21FN2O3S. The molecule has 0 unspecified atom stereocenters. The van der Waals surface area contributed by atoms with Crippen molar-refractivity contribution in [3.63, 3.8) is 0 Å². The third-order valence-corrected chi connectivity index (χ3v) is 5.68. The first-order valence-electron chi connectivity index (χ1n) is 7.03. The third kappa shape index (κ3) is 3.36. The molecular weight excluding hydrogens is 295 g/mol. The number of ether oxygens (including phenoxy) is 1. The van der Waals surface area contributed by atoms with Crippen molar-refractivity contribution >= 4 is 15.7 Å². The Morgan fingerprint density at radius 2 is 2.00 bits per heavy atom. The van der Waals surface area contributed by atoms with Crippen LogP contribution in [0.25, 0.3) is 0 Å². The number of hydrogen-bond acceptors (Lipinski definition) is 4. The highest BCUT2D eigenvalue weighted by Gasteiger charge is 2.30. The summed E-state index contributed by atoms with van der Waals surface area (Å²) in [6.07, 6.45) is 1.40. The third-order valence-electron chi connectivity index (χ3n) is 3.80. The van der Waals surface area contributed by atoms with Crippen LogP contribution in [0.5, 0.6) is 0 Å². The zero-order valence-corrected chi connectivity index (χ0v) is 13.1. The number of benzene rings is 1. The van der Waals surface area contributed by atoms with Gasteiger partial charge in [0.15, 0.2) is 0 Å². The van der Waals surface area contributed by atoms with Crippen LogP contribution in [-0.4, -0.2) is 38.5 Å². The number of piperidine rings is 1. The summed E-state index contributed by atoms with van der Waals surface area (Å²) >= 11 is 0. The van der Waals surface area contributed by atoms with Crippen LogP contribution in [0.4, 0.5) is 10.1 Å². The van der Waals surface area contributed by atoms with E-state index < -0.39 is 15.8 Å². The quantitative estimate of drug-likeness (QED) is 0.861. The Kier molecular flexibility index (Phi) is 4.85. The number of nitrogen functional groups attached to an aromatic ring is 1. The van der Waals surface area contributed by atoms with Gasteiger partial charge in [-0.3, -0.25) is 0 Å². The Bertz CT molecular complexity index is 588. The normalized spacial score (nSPS) is 18.0. The molecule has 0 amide bonds. The van der Waals surface area contributed by atoms with E-state index in [2.05, 4.69) is 0 Å². The van der Waals surface area contributed by atoms with E-state index in [4.69, 9.17) is 10.5 Å². The lowest BCUT2D eigenvalue weighted by atomic mass is 10.1. The van der Waals surface area contributed by atoms with Crippen molar-refractivity contribution in [1.29, 1.82) is 0 Å². The van der Waals surface area contributed by atoms with Gasteiger partial charge in [0.05, 0.1) is 11.0 Å². The van der Waals surface area contributed by atoms with Gasteiger partial charge >= 0.3 is 0 Å². The summed E-state index contributed by atoms with van der Waals surface area (Å²) in [6.45, 7) is 4.82. The number of nitrogens with zero attached hydrogens (tertiary/aromatic N) is 1. The molecule has 1 fully saturated rings. The lowest BCUT2D eigenvalue weighted by molar-refractivity contribution is 0.0290. The first-order chi connectivity index (χ1) is 9.86. The predicted molar refractivity (Wildman–Crippen MR) is 79.0 cm³/mol. The van der Waals surface area contributed by atoms with Crippen molar-refractivity contribution in [2.24, 2.45) is 0 Å². The number of nitrogens with two attached hydrogens (primary N) is 1. The van der Waals surface area contributed by atoms with Crippen molar-refractivity contribution in [3.05, 3.63) is 23.5 Å². The highest BCUT2D eigenvalue weighted by atomic mass is 32.2. The maximum Gasteiger partial charge on any atom is 0.243 e. The first-order valence-corrected chi connectivity index (χ1v) is 8.47. The van der Waals surface area contributed by atoms with Crippen molar-refractivity contribution in [3.8, 4) is 0 Å². The predicted octanol–water partition coefficient (Wildman–Crippen LogP) is 1.91. The SMILES string of the molecule is CCOC1CCN(S(=O)(=O)c2cc(N)c(C)c(F)c2)CC1. The average Bonchev–Trinajstić information content (AvgIpc) is 2.45. The van der Waals surface area contributed by atoms with Crippen LogP contribution in [0.15, 0.2) is 17.0 Å². The summed E-state index contributed by atoms with van der Waals surface area (Å²) in [6, 6.07) is 2.36. The van der Waals surface area contributed by atoms with E-state index in [-0.39, 0.29) is 22.3 Å². The second-order valence-corrected chi connectivity index (χ2v) is 7.12. The molecule has 21 heavy (non-hydrogen) atoms. The van der Waals surface area contributed by atoms with E-state index >= 15 is 0 Å². The van der Waals surface area contributed by atoms with E-state index in [1.165, 1.54) is 17.3 Å². The molecule has 7 heteroatoms. The van der Waals surface area contributed by atoms with E-state index in [1.807, 2.05) is 6.92 Å². The zero-order valence-electron chi connectivity index (χ0n) is 12.3. The molecule has 118 valence electrons. The topological polar surface area (TPSA) is 72.6 Å². The van der Waals surface area contributed by atoms with Gasteiger partial charge in [0.25, 0.3) is 0 Å². The van der Waals surface area contributed by atoms with Gasteiger partial charge in [-0.1, -0.05) is 0 Å². The molecule has 1 aliphatic heterocycles. The monoisotopic (exact) mass is 316 g/mol. The van der Waals surface area contributed by atoms with Crippen molar-refractivity contribution in [2.45, 2.75) is 37.7 Å². The summed E-state index contributed by atoms with van der Waals surface area (Å²) < 4.78 is 45.6. The van der Waals surface area contributed by atoms with Gasteiger partial charge in [-0.2, -0.15) is 4.31 Å².